The van der Waals surface area contributed by atoms with Crippen molar-refractivity contribution in [1.82, 2.24) is 9.66 Å². The first-order valence-corrected chi connectivity index (χ1v) is 8.74. The van der Waals surface area contributed by atoms with E-state index in [1.54, 1.807) is 29.2 Å². The lowest BCUT2D eigenvalue weighted by Crippen LogP contribution is -2.11. The zero-order valence-corrected chi connectivity index (χ0v) is 14.9. The third-order valence-electron chi connectivity index (χ3n) is 3.75. The molecule has 3 aromatic rings. The fourth-order valence-corrected chi connectivity index (χ4v) is 3.29. The van der Waals surface area contributed by atoms with Crippen molar-refractivity contribution in [2.75, 3.05) is 6.79 Å². The van der Waals surface area contributed by atoms with Crippen molar-refractivity contribution in [3.8, 4) is 11.5 Å². The first-order valence-electron chi connectivity index (χ1n) is 7.86. The molecule has 0 atom stereocenters. The average Bonchev–Trinajstić information content (AvgIpc) is 3.26. The molecule has 0 N–H and O–H groups in total. The summed E-state index contributed by atoms with van der Waals surface area (Å²) in [5.41, 5.74) is 1.75. The highest BCUT2D eigenvalue weighted by molar-refractivity contribution is 7.07. The Hall–Kier alpha value is -3.53. The van der Waals surface area contributed by atoms with E-state index in [1.165, 1.54) is 23.6 Å². The van der Waals surface area contributed by atoms with Crippen molar-refractivity contribution in [3.63, 3.8) is 0 Å². The van der Waals surface area contributed by atoms with Gasteiger partial charge in [0, 0.05) is 11.6 Å². The summed E-state index contributed by atoms with van der Waals surface area (Å²) in [6.45, 7) is 1.92. The van der Waals surface area contributed by atoms with Crippen LogP contribution in [0.3, 0.4) is 0 Å². The van der Waals surface area contributed by atoms with Crippen LogP contribution in [0.4, 0.5) is 11.4 Å². The van der Waals surface area contributed by atoms with Crippen LogP contribution in [0.2, 0.25) is 0 Å². The Labute approximate surface area is 157 Å². The molecule has 1 aliphatic rings. The lowest BCUT2D eigenvalue weighted by atomic mass is 10.1. The third kappa shape index (κ3) is 3.42. The number of benzene rings is 1. The number of nitro benzene ring substituents is 1. The average molecular weight is 383 g/mol. The fraction of sp³-hybridized carbons (Fsp3) is 0.118. The molecule has 4 rings (SSSR count). The molecule has 0 unspecified atom stereocenters. The molecule has 1 aromatic carbocycles. The van der Waals surface area contributed by atoms with Gasteiger partial charge < -0.3 is 9.47 Å². The van der Waals surface area contributed by atoms with Crippen molar-refractivity contribution in [2.45, 2.75) is 6.92 Å². The molecule has 1 aliphatic heterocycles. The van der Waals surface area contributed by atoms with Crippen molar-refractivity contribution in [2.24, 2.45) is 10.1 Å². The van der Waals surface area contributed by atoms with Crippen molar-refractivity contribution < 1.29 is 14.4 Å². The maximum atomic E-state index is 11.4. The molecule has 0 radical (unpaired) electrons. The van der Waals surface area contributed by atoms with Crippen LogP contribution >= 0.6 is 11.3 Å². The van der Waals surface area contributed by atoms with Gasteiger partial charge in [-0.25, -0.2) is 9.67 Å². The summed E-state index contributed by atoms with van der Waals surface area (Å²) in [5, 5.41) is 17.7. The smallest absolute Gasteiger partial charge is 0.282 e. The topological polar surface area (TPSA) is 104 Å². The molecule has 0 aliphatic carbocycles. The Morgan fingerprint density at radius 2 is 2.19 bits per heavy atom. The molecule has 0 amide bonds. The van der Waals surface area contributed by atoms with Gasteiger partial charge >= 0.3 is 0 Å². The summed E-state index contributed by atoms with van der Waals surface area (Å²) >= 11 is 1.41. The predicted molar refractivity (Wildman–Crippen MR) is 98.7 cm³/mol. The second-order valence-corrected chi connectivity index (χ2v) is 6.40. The maximum absolute atomic E-state index is 11.4. The minimum absolute atomic E-state index is 0.0413. The highest BCUT2D eigenvalue weighted by Gasteiger charge is 2.22. The minimum atomic E-state index is -0.477. The number of nitrogens with zero attached hydrogens (tertiary/aromatic N) is 5. The van der Waals surface area contributed by atoms with E-state index < -0.39 is 4.92 Å². The number of ether oxygens (including phenoxy) is 2. The summed E-state index contributed by atoms with van der Waals surface area (Å²) in [5.74, 6) is 0.805. The number of hydrogen-bond acceptors (Lipinski definition) is 8. The number of pyridine rings is 1. The zero-order chi connectivity index (χ0) is 18.8. The minimum Gasteiger partial charge on any atom is -0.454 e. The molecule has 0 spiro atoms. The molecule has 0 bridgehead atoms. The number of aryl methyl sites for hydroxylation is 1. The summed E-state index contributed by atoms with van der Waals surface area (Å²) in [4.78, 5) is 20.1. The van der Waals surface area contributed by atoms with Crippen LogP contribution in [0.1, 0.15) is 11.3 Å². The second-order valence-electron chi connectivity index (χ2n) is 5.56. The monoisotopic (exact) mass is 383 g/mol. The standard InChI is InChI=1S/C17H13N5O4S/c1-11-9-27-17(20-13-3-2-4-18-8-13)21(11)19-7-12-5-15-16(26-10-25-15)6-14(12)22(23)24/h2-9H,10H2,1H3. The number of nitro groups is 1. The van der Waals surface area contributed by atoms with E-state index in [4.69, 9.17) is 9.47 Å². The lowest BCUT2D eigenvalue weighted by Gasteiger charge is -2.01. The van der Waals surface area contributed by atoms with Crippen molar-refractivity contribution in [1.29, 1.82) is 0 Å². The molecule has 3 heterocycles. The molecule has 2 aromatic heterocycles. The second kappa shape index (κ2) is 7.00. The largest absolute Gasteiger partial charge is 0.454 e. The van der Waals surface area contributed by atoms with Gasteiger partial charge in [0.25, 0.3) is 5.69 Å². The van der Waals surface area contributed by atoms with E-state index in [9.17, 15) is 10.1 Å². The molecule has 27 heavy (non-hydrogen) atoms. The van der Waals surface area contributed by atoms with Crippen LogP contribution in [-0.4, -0.2) is 27.6 Å². The van der Waals surface area contributed by atoms with E-state index in [-0.39, 0.29) is 12.5 Å². The van der Waals surface area contributed by atoms with Crippen molar-refractivity contribution in [3.05, 3.63) is 68.2 Å². The Kier molecular flexibility index (Phi) is 4.38. The number of hydrogen-bond donors (Lipinski definition) is 0. The molecular weight excluding hydrogens is 370 g/mol. The Morgan fingerprint density at radius 1 is 1.37 bits per heavy atom. The van der Waals surface area contributed by atoms with Crippen LogP contribution in [0.5, 0.6) is 11.5 Å². The first-order chi connectivity index (χ1) is 13.1. The van der Waals surface area contributed by atoms with E-state index in [1.807, 2.05) is 18.4 Å². The predicted octanol–water partition coefficient (Wildman–Crippen LogP) is 3.00. The fourth-order valence-electron chi connectivity index (χ4n) is 2.46. The molecule has 0 saturated carbocycles. The molecule has 136 valence electrons. The van der Waals surface area contributed by atoms with Crippen LogP contribution in [0.15, 0.2) is 52.1 Å². The number of fused-ring (bicyclic) bond motifs is 1. The Bertz CT molecular complexity index is 1100. The third-order valence-corrected chi connectivity index (χ3v) is 4.69. The number of thiazole rings is 1. The maximum Gasteiger partial charge on any atom is 0.282 e. The van der Waals surface area contributed by atoms with E-state index in [0.29, 0.717) is 27.6 Å². The van der Waals surface area contributed by atoms with Gasteiger partial charge in [-0.2, -0.15) is 5.10 Å². The highest BCUT2D eigenvalue weighted by atomic mass is 32.1. The SMILES string of the molecule is Cc1csc(=Nc2cccnc2)n1N=Cc1cc2c(cc1[N+](=O)[O-])OCO2. The highest BCUT2D eigenvalue weighted by Crippen LogP contribution is 2.37. The van der Waals surface area contributed by atoms with E-state index >= 15 is 0 Å². The van der Waals surface area contributed by atoms with Gasteiger partial charge in [-0.3, -0.25) is 15.1 Å². The Balaban J connectivity index is 1.76. The summed E-state index contributed by atoms with van der Waals surface area (Å²) in [6.07, 6.45) is 4.73. The normalized spacial score (nSPS) is 13.4. The van der Waals surface area contributed by atoms with E-state index in [0.717, 1.165) is 5.69 Å². The molecule has 9 nitrogen and oxygen atoms in total. The summed E-state index contributed by atoms with van der Waals surface area (Å²) in [6, 6.07) is 6.52. The lowest BCUT2D eigenvalue weighted by molar-refractivity contribution is -0.385. The number of aromatic nitrogens is 2. The van der Waals surface area contributed by atoms with Crippen LogP contribution < -0.4 is 14.3 Å². The van der Waals surface area contributed by atoms with Gasteiger partial charge in [-0.15, -0.1) is 11.3 Å². The van der Waals surface area contributed by atoms with Gasteiger partial charge in [0.15, 0.2) is 11.5 Å². The molecular formula is C17H13N5O4S. The van der Waals surface area contributed by atoms with Gasteiger partial charge in [-0.1, -0.05) is 0 Å². The summed E-state index contributed by atoms with van der Waals surface area (Å²) < 4.78 is 12.1. The first kappa shape index (κ1) is 16.9. The number of rotatable bonds is 4. The van der Waals surface area contributed by atoms with E-state index in [2.05, 4.69) is 15.1 Å². The van der Waals surface area contributed by atoms with Crippen molar-refractivity contribution >= 4 is 28.9 Å². The quantitative estimate of drug-likeness (QED) is 0.391. The molecule has 0 saturated heterocycles. The van der Waals surface area contributed by atoms with Gasteiger partial charge in [0.1, 0.15) is 0 Å². The molecule has 0 fully saturated rings. The molecule has 10 heteroatoms. The van der Waals surface area contributed by atoms with Crippen LogP contribution in [0.25, 0.3) is 0 Å². The Morgan fingerprint density at radius 3 is 2.93 bits per heavy atom. The zero-order valence-electron chi connectivity index (χ0n) is 14.1. The van der Waals surface area contributed by atoms with Crippen LogP contribution in [0, 0.1) is 17.0 Å². The van der Waals surface area contributed by atoms with Gasteiger partial charge in [-0.05, 0) is 25.1 Å². The summed E-state index contributed by atoms with van der Waals surface area (Å²) in [7, 11) is 0. The van der Waals surface area contributed by atoms with Crippen LogP contribution in [-0.2, 0) is 0 Å². The van der Waals surface area contributed by atoms with Gasteiger partial charge in [0.2, 0.25) is 11.6 Å². The van der Waals surface area contributed by atoms with Gasteiger partial charge in [0.05, 0.1) is 40.3 Å².